The fraction of sp³-hybridized carbons (Fsp3) is 0.273. The van der Waals surface area contributed by atoms with Gasteiger partial charge in [-0.1, -0.05) is 6.07 Å². The number of carbonyl (C=O) groups is 1. The minimum Gasteiger partial charge on any atom is -0.390 e. The van der Waals surface area contributed by atoms with Crippen molar-refractivity contribution in [2.75, 3.05) is 0 Å². The Morgan fingerprint density at radius 3 is 2.71 bits per heavy atom. The van der Waals surface area contributed by atoms with E-state index >= 15 is 0 Å². The summed E-state index contributed by atoms with van der Waals surface area (Å²) < 4.78 is 13.0. The van der Waals surface area contributed by atoms with Gasteiger partial charge in [-0.3, -0.25) is 4.79 Å². The molecule has 6 heteroatoms. The van der Waals surface area contributed by atoms with E-state index in [1.54, 1.807) is 6.07 Å². The third-order valence-electron chi connectivity index (χ3n) is 2.23. The lowest BCUT2D eigenvalue weighted by atomic mass is 10.00. The van der Waals surface area contributed by atoms with E-state index in [1.807, 2.05) is 0 Å². The molecule has 0 bridgehead atoms. The zero-order valence-corrected chi connectivity index (χ0v) is 8.80. The average molecular weight is 238 g/mol. The molecule has 90 valence electrons. The SMILES string of the molecule is N#Cc1cc(C(O)C(O)CC(N)=O)ccc1F. The topological polar surface area (TPSA) is 107 Å². The molecule has 0 heterocycles. The maximum absolute atomic E-state index is 13.0. The van der Waals surface area contributed by atoms with Crippen LogP contribution in [0.25, 0.3) is 0 Å². The first-order valence-corrected chi connectivity index (χ1v) is 4.79. The molecule has 0 fully saturated rings. The number of benzene rings is 1. The van der Waals surface area contributed by atoms with E-state index in [9.17, 15) is 19.4 Å². The van der Waals surface area contributed by atoms with E-state index in [4.69, 9.17) is 11.0 Å². The fourth-order valence-corrected chi connectivity index (χ4v) is 1.35. The van der Waals surface area contributed by atoms with Crippen LogP contribution in [-0.2, 0) is 4.79 Å². The van der Waals surface area contributed by atoms with Crippen LogP contribution in [0.5, 0.6) is 0 Å². The molecule has 0 saturated heterocycles. The Morgan fingerprint density at radius 2 is 2.18 bits per heavy atom. The van der Waals surface area contributed by atoms with E-state index in [2.05, 4.69) is 0 Å². The van der Waals surface area contributed by atoms with Crippen LogP contribution >= 0.6 is 0 Å². The molecule has 0 aliphatic rings. The van der Waals surface area contributed by atoms with Crippen LogP contribution in [0.15, 0.2) is 18.2 Å². The van der Waals surface area contributed by atoms with Crippen molar-refractivity contribution in [1.29, 1.82) is 5.26 Å². The Kier molecular flexibility index (Phi) is 4.15. The van der Waals surface area contributed by atoms with Gasteiger partial charge in [0.15, 0.2) is 0 Å². The first kappa shape index (κ1) is 13.1. The van der Waals surface area contributed by atoms with Gasteiger partial charge >= 0.3 is 0 Å². The summed E-state index contributed by atoms with van der Waals surface area (Å²) in [6.45, 7) is 0. The average Bonchev–Trinajstić information content (AvgIpc) is 2.27. The highest BCUT2D eigenvalue weighted by molar-refractivity contribution is 5.74. The lowest BCUT2D eigenvalue weighted by molar-refractivity contribution is -0.121. The number of rotatable bonds is 4. The van der Waals surface area contributed by atoms with Crippen LogP contribution in [0, 0.1) is 17.1 Å². The van der Waals surface area contributed by atoms with Crippen molar-refractivity contribution in [2.24, 2.45) is 5.73 Å². The molecule has 0 saturated carbocycles. The smallest absolute Gasteiger partial charge is 0.220 e. The lowest BCUT2D eigenvalue weighted by Crippen LogP contribution is -2.25. The lowest BCUT2D eigenvalue weighted by Gasteiger charge is -2.16. The summed E-state index contributed by atoms with van der Waals surface area (Å²) >= 11 is 0. The molecule has 17 heavy (non-hydrogen) atoms. The fourth-order valence-electron chi connectivity index (χ4n) is 1.35. The second kappa shape index (κ2) is 5.39. The molecule has 2 atom stereocenters. The monoisotopic (exact) mass is 238 g/mol. The number of halogens is 1. The van der Waals surface area contributed by atoms with Crippen molar-refractivity contribution in [3.05, 3.63) is 35.1 Å². The molecule has 1 aromatic carbocycles. The number of hydrogen-bond acceptors (Lipinski definition) is 4. The Labute approximate surface area is 96.9 Å². The van der Waals surface area contributed by atoms with Crippen molar-refractivity contribution in [2.45, 2.75) is 18.6 Å². The highest BCUT2D eigenvalue weighted by Gasteiger charge is 2.21. The van der Waals surface area contributed by atoms with Crippen LogP contribution in [0.1, 0.15) is 23.7 Å². The number of nitrogens with zero attached hydrogens (tertiary/aromatic N) is 1. The van der Waals surface area contributed by atoms with Gasteiger partial charge in [0.2, 0.25) is 5.91 Å². The summed E-state index contributed by atoms with van der Waals surface area (Å²) in [5.74, 6) is -1.48. The Hall–Kier alpha value is -1.97. The zero-order chi connectivity index (χ0) is 13.0. The molecule has 0 spiro atoms. The van der Waals surface area contributed by atoms with Crippen molar-refractivity contribution in [3.8, 4) is 6.07 Å². The molecule has 2 unspecified atom stereocenters. The van der Waals surface area contributed by atoms with Gasteiger partial charge < -0.3 is 15.9 Å². The third kappa shape index (κ3) is 3.24. The molecule has 1 rings (SSSR count). The maximum Gasteiger partial charge on any atom is 0.220 e. The first-order valence-electron chi connectivity index (χ1n) is 4.79. The van der Waals surface area contributed by atoms with Gasteiger partial charge in [0.05, 0.1) is 18.1 Å². The molecule has 0 aliphatic heterocycles. The van der Waals surface area contributed by atoms with Crippen molar-refractivity contribution in [1.82, 2.24) is 0 Å². The van der Waals surface area contributed by atoms with Gasteiger partial charge in [-0.2, -0.15) is 5.26 Å². The normalized spacial score (nSPS) is 13.8. The number of hydrogen-bond donors (Lipinski definition) is 3. The van der Waals surface area contributed by atoms with Crippen LogP contribution in [-0.4, -0.2) is 22.2 Å². The number of amides is 1. The number of aliphatic hydroxyl groups is 2. The summed E-state index contributed by atoms with van der Waals surface area (Å²) in [5, 5.41) is 27.7. The van der Waals surface area contributed by atoms with Crippen LogP contribution < -0.4 is 5.73 Å². The van der Waals surface area contributed by atoms with E-state index in [0.29, 0.717) is 0 Å². The van der Waals surface area contributed by atoms with Crippen molar-refractivity contribution >= 4 is 5.91 Å². The highest BCUT2D eigenvalue weighted by Crippen LogP contribution is 2.21. The van der Waals surface area contributed by atoms with Gasteiger partial charge in [-0.15, -0.1) is 0 Å². The summed E-state index contributed by atoms with van der Waals surface area (Å²) in [6, 6.07) is 4.96. The van der Waals surface area contributed by atoms with Gasteiger partial charge in [0.1, 0.15) is 18.0 Å². The number of primary amides is 1. The molecular weight excluding hydrogens is 227 g/mol. The molecular formula is C11H11FN2O3. The summed E-state index contributed by atoms with van der Waals surface area (Å²) in [7, 11) is 0. The van der Waals surface area contributed by atoms with E-state index < -0.39 is 30.4 Å². The predicted octanol–water partition coefficient (Wildman–Crippen LogP) is -0.0329. The number of carbonyl (C=O) groups excluding carboxylic acids is 1. The summed E-state index contributed by atoms with van der Waals surface area (Å²) in [6.07, 6.45) is -3.19. The van der Waals surface area contributed by atoms with Gasteiger partial charge in [0.25, 0.3) is 0 Å². The Bertz CT molecular complexity index is 470. The zero-order valence-electron chi connectivity index (χ0n) is 8.80. The van der Waals surface area contributed by atoms with Crippen LogP contribution in [0.4, 0.5) is 4.39 Å². The van der Waals surface area contributed by atoms with Crippen LogP contribution in [0.3, 0.4) is 0 Å². The van der Waals surface area contributed by atoms with E-state index in [1.165, 1.54) is 6.07 Å². The number of aliphatic hydroxyl groups excluding tert-OH is 2. The molecule has 4 N–H and O–H groups in total. The summed E-state index contributed by atoms with van der Waals surface area (Å²) in [5.41, 5.74) is 4.77. The van der Waals surface area contributed by atoms with E-state index in [0.717, 1.165) is 12.1 Å². The molecule has 0 aromatic heterocycles. The molecule has 1 aromatic rings. The number of nitrogens with two attached hydrogens (primary N) is 1. The number of nitriles is 1. The second-order valence-corrected chi connectivity index (χ2v) is 3.53. The highest BCUT2D eigenvalue weighted by atomic mass is 19.1. The van der Waals surface area contributed by atoms with Gasteiger partial charge in [0, 0.05) is 0 Å². The molecule has 0 aliphatic carbocycles. The molecule has 5 nitrogen and oxygen atoms in total. The largest absolute Gasteiger partial charge is 0.390 e. The predicted molar refractivity (Wildman–Crippen MR) is 55.9 cm³/mol. The first-order chi connectivity index (χ1) is 7.95. The quantitative estimate of drug-likeness (QED) is 0.684. The third-order valence-corrected chi connectivity index (χ3v) is 2.23. The second-order valence-electron chi connectivity index (χ2n) is 3.53. The minimum absolute atomic E-state index is 0.150. The summed E-state index contributed by atoms with van der Waals surface area (Å²) in [4.78, 5) is 10.6. The van der Waals surface area contributed by atoms with Crippen molar-refractivity contribution in [3.63, 3.8) is 0 Å². The van der Waals surface area contributed by atoms with E-state index in [-0.39, 0.29) is 11.1 Å². The van der Waals surface area contributed by atoms with Crippen molar-refractivity contribution < 1.29 is 19.4 Å². The Morgan fingerprint density at radius 1 is 1.53 bits per heavy atom. The molecule has 1 amide bonds. The maximum atomic E-state index is 13.0. The van der Waals surface area contributed by atoms with Gasteiger partial charge in [-0.25, -0.2) is 4.39 Å². The van der Waals surface area contributed by atoms with Crippen LogP contribution in [0.2, 0.25) is 0 Å². The Balaban J connectivity index is 2.93. The standard InChI is InChI=1S/C11H11FN2O3/c12-8-2-1-6(3-7(8)5-13)11(17)9(15)4-10(14)16/h1-3,9,11,15,17H,4H2,(H2,14,16). The molecule has 0 radical (unpaired) electrons. The van der Waals surface area contributed by atoms with Gasteiger partial charge in [-0.05, 0) is 17.7 Å². The minimum atomic E-state index is -1.39.